The van der Waals surface area contributed by atoms with E-state index in [1.54, 1.807) is 6.08 Å². The highest BCUT2D eigenvalue weighted by atomic mass is 16.2. The molecule has 100 valence electrons. The molecule has 1 fully saturated rings. The first-order chi connectivity index (χ1) is 8.95. The molecule has 2 aliphatic rings. The number of hydrogen-bond acceptors (Lipinski definition) is 4. The van der Waals surface area contributed by atoms with Gasteiger partial charge in [-0.2, -0.15) is 0 Å². The number of hydrogen-bond donors (Lipinski definition) is 3. The third-order valence-corrected chi connectivity index (χ3v) is 2.76. The number of carbonyl (C=O) groups excluding carboxylic acids is 4. The number of allylic oxidation sites excluding steroid dienone is 2. The van der Waals surface area contributed by atoms with Crippen molar-refractivity contribution in [3.8, 4) is 0 Å². The lowest BCUT2D eigenvalue weighted by atomic mass is 9.93. The Bertz CT molecular complexity index is 533. The van der Waals surface area contributed by atoms with E-state index in [-0.39, 0.29) is 18.1 Å². The largest absolute Gasteiger partial charge is 0.326 e. The molecule has 2 rings (SSSR count). The molecule has 0 aromatic heterocycles. The number of carbonyl (C=O) groups is 4. The summed E-state index contributed by atoms with van der Waals surface area (Å²) in [7, 11) is 0. The summed E-state index contributed by atoms with van der Waals surface area (Å²) in [6.45, 7) is 1.33. The van der Waals surface area contributed by atoms with E-state index in [0.29, 0.717) is 17.8 Å². The molecule has 0 aromatic carbocycles. The van der Waals surface area contributed by atoms with Gasteiger partial charge < -0.3 is 10.6 Å². The summed E-state index contributed by atoms with van der Waals surface area (Å²) < 4.78 is 0. The van der Waals surface area contributed by atoms with Crippen molar-refractivity contribution in [2.24, 2.45) is 5.92 Å². The summed E-state index contributed by atoms with van der Waals surface area (Å²) in [4.78, 5) is 45.0. The zero-order chi connectivity index (χ0) is 14.0. The SMILES string of the molecule is CC(=O)CC(=O)NC1=CCC2C(=O)NC(=O)NC2=C1. The second-order valence-electron chi connectivity index (χ2n) is 4.42. The van der Waals surface area contributed by atoms with Crippen LogP contribution < -0.4 is 16.0 Å². The van der Waals surface area contributed by atoms with Crippen LogP contribution in [0.5, 0.6) is 0 Å². The van der Waals surface area contributed by atoms with Crippen LogP contribution in [-0.4, -0.2) is 23.6 Å². The van der Waals surface area contributed by atoms with Gasteiger partial charge in [0.2, 0.25) is 11.8 Å². The number of Topliss-reactive ketones (excluding diaryl/α,β-unsaturated/α-hetero) is 1. The van der Waals surface area contributed by atoms with E-state index in [2.05, 4.69) is 16.0 Å². The first-order valence-corrected chi connectivity index (χ1v) is 5.78. The highest BCUT2D eigenvalue weighted by Crippen LogP contribution is 2.23. The Balaban J connectivity index is 2.06. The molecule has 1 unspecified atom stereocenters. The quantitative estimate of drug-likeness (QED) is 0.608. The maximum atomic E-state index is 11.5. The van der Waals surface area contributed by atoms with E-state index < -0.39 is 17.9 Å². The predicted molar refractivity (Wildman–Crippen MR) is 64.4 cm³/mol. The molecule has 3 N–H and O–H groups in total. The van der Waals surface area contributed by atoms with Gasteiger partial charge in [0.05, 0.1) is 12.3 Å². The Morgan fingerprint density at radius 1 is 1.37 bits per heavy atom. The van der Waals surface area contributed by atoms with E-state index in [9.17, 15) is 19.2 Å². The highest BCUT2D eigenvalue weighted by Gasteiger charge is 2.32. The number of fused-ring (bicyclic) bond motifs is 1. The number of ketones is 1. The second kappa shape index (κ2) is 5.05. The molecule has 1 heterocycles. The summed E-state index contributed by atoms with van der Waals surface area (Å²) in [5.74, 6) is -1.45. The van der Waals surface area contributed by atoms with Gasteiger partial charge in [-0.25, -0.2) is 4.79 Å². The zero-order valence-electron chi connectivity index (χ0n) is 10.3. The predicted octanol–water partition coefficient (Wildman–Crippen LogP) is -0.291. The fourth-order valence-corrected chi connectivity index (χ4v) is 1.95. The van der Waals surface area contributed by atoms with Crippen LogP contribution in [0.15, 0.2) is 23.5 Å². The van der Waals surface area contributed by atoms with Crippen molar-refractivity contribution < 1.29 is 19.2 Å². The minimum Gasteiger partial charge on any atom is -0.326 e. The second-order valence-corrected chi connectivity index (χ2v) is 4.42. The van der Waals surface area contributed by atoms with Crippen molar-refractivity contribution in [3.63, 3.8) is 0 Å². The lowest BCUT2D eigenvalue weighted by molar-refractivity contribution is -0.126. The Kier molecular flexibility index (Phi) is 3.46. The third-order valence-electron chi connectivity index (χ3n) is 2.76. The number of amides is 4. The van der Waals surface area contributed by atoms with Gasteiger partial charge >= 0.3 is 6.03 Å². The lowest BCUT2D eigenvalue weighted by Crippen LogP contribution is -2.51. The van der Waals surface area contributed by atoms with Gasteiger partial charge in [0.15, 0.2) is 0 Å². The van der Waals surface area contributed by atoms with E-state index in [0.717, 1.165) is 0 Å². The fraction of sp³-hybridized carbons (Fsp3) is 0.333. The standard InChI is InChI=1S/C12H13N3O4/c1-6(16)4-10(17)13-7-2-3-8-9(5-7)14-12(19)15-11(8)18/h2,5,8H,3-4H2,1H3,(H,13,17)(H2,14,15,18,19). The molecule has 0 radical (unpaired) electrons. The topological polar surface area (TPSA) is 104 Å². The molecule has 7 heteroatoms. The summed E-state index contributed by atoms with van der Waals surface area (Å²) in [5.41, 5.74) is 0.932. The fourth-order valence-electron chi connectivity index (χ4n) is 1.95. The number of urea groups is 1. The van der Waals surface area contributed by atoms with Crippen molar-refractivity contribution in [2.45, 2.75) is 19.8 Å². The summed E-state index contributed by atoms with van der Waals surface area (Å²) >= 11 is 0. The average Bonchev–Trinajstić information content (AvgIpc) is 2.26. The average molecular weight is 263 g/mol. The van der Waals surface area contributed by atoms with Gasteiger partial charge in [0.25, 0.3) is 0 Å². The van der Waals surface area contributed by atoms with Crippen LogP contribution in [0.3, 0.4) is 0 Å². The van der Waals surface area contributed by atoms with Gasteiger partial charge in [-0.05, 0) is 19.4 Å². The van der Waals surface area contributed by atoms with E-state index in [1.165, 1.54) is 13.0 Å². The molecule has 0 spiro atoms. The van der Waals surface area contributed by atoms with Crippen molar-refractivity contribution >= 4 is 23.6 Å². The summed E-state index contributed by atoms with van der Waals surface area (Å²) in [6.07, 6.45) is 3.40. The van der Waals surface area contributed by atoms with Crippen molar-refractivity contribution in [1.82, 2.24) is 16.0 Å². The van der Waals surface area contributed by atoms with Crippen LogP contribution in [0.4, 0.5) is 4.79 Å². The maximum absolute atomic E-state index is 11.5. The minimum absolute atomic E-state index is 0.198. The summed E-state index contributed by atoms with van der Waals surface area (Å²) in [5, 5.41) is 7.25. The molecular formula is C12H13N3O4. The zero-order valence-corrected chi connectivity index (χ0v) is 10.3. The highest BCUT2D eigenvalue weighted by molar-refractivity contribution is 6.01. The third kappa shape index (κ3) is 3.06. The Hall–Kier alpha value is -2.44. The van der Waals surface area contributed by atoms with Crippen molar-refractivity contribution in [2.75, 3.05) is 0 Å². The monoisotopic (exact) mass is 263 g/mol. The molecule has 4 amide bonds. The molecule has 1 aliphatic carbocycles. The van der Waals surface area contributed by atoms with E-state index in [4.69, 9.17) is 0 Å². The molecule has 1 aliphatic heterocycles. The van der Waals surface area contributed by atoms with Crippen molar-refractivity contribution in [3.05, 3.63) is 23.5 Å². The van der Waals surface area contributed by atoms with Crippen LogP contribution in [0.25, 0.3) is 0 Å². The van der Waals surface area contributed by atoms with Crippen LogP contribution >= 0.6 is 0 Å². The molecule has 1 saturated heterocycles. The van der Waals surface area contributed by atoms with Crippen LogP contribution in [0.2, 0.25) is 0 Å². The van der Waals surface area contributed by atoms with Crippen LogP contribution in [-0.2, 0) is 14.4 Å². The van der Waals surface area contributed by atoms with Crippen LogP contribution in [0, 0.1) is 5.92 Å². The van der Waals surface area contributed by atoms with E-state index in [1.807, 2.05) is 0 Å². The molecule has 19 heavy (non-hydrogen) atoms. The van der Waals surface area contributed by atoms with Gasteiger partial charge in [-0.15, -0.1) is 0 Å². The van der Waals surface area contributed by atoms with Crippen molar-refractivity contribution in [1.29, 1.82) is 0 Å². The van der Waals surface area contributed by atoms with Crippen LogP contribution in [0.1, 0.15) is 19.8 Å². The van der Waals surface area contributed by atoms with Gasteiger partial charge in [-0.1, -0.05) is 6.08 Å². The van der Waals surface area contributed by atoms with Gasteiger partial charge in [0.1, 0.15) is 5.78 Å². The minimum atomic E-state index is -0.580. The molecule has 7 nitrogen and oxygen atoms in total. The molecule has 0 bridgehead atoms. The van der Waals surface area contributed by atoms with Gasteiger partial charge in [-0.3, -0.25) is 19.7 Å². The molecular weight excluding hydrogens is 250 g/mol. The first kappa shape index (κ1) is 13.0. The smallest absolute Gasteiger partial charge is 0.325 e. The number of imide groups is 1. The normalized spacial score (nSPS) is 21.4. The molecule has 0 aromatic rings. The number of rotatable bonds is 3. The number of nitrogens with one attached hydrogen (secondary N) is 3. The Morgan fingerprint density at radius 2 is 2.11 bits per heavy atom. The molecule has 1 atom stereocenters. The van der Waals surface area contributed by atoms with Gasteiger partial charge in [0, 0.05) is 11.4 Å². The lowest BCUT2D eigenvalue weighted by Gasteiger charge is -2.27. The Morgan fingerprint density at radius 3 is 2.79 bits per heavy atom. The summed E-state index contributed by atoms with van der Waals surface area (Å²) in [6, 6.07) is -0.580. The first-order valence-electron chi connectivity index (χ1n) is 5.78. The van der Waals surface area contributed by atoms with E-state index >= 15 is 0 Å². The maximum Gasteiger partial charge on any atom is 0.325 e. The molecule has 0 saturated carbocycles. The Labute approximate surface area is 109 Å².